The highest BCUT2D eigenvalue weighted by atomic mass is 32.2. The lowest BCUT2D eigenvalue weighted by Gasteiger charge is -2.31. The fourth-order valence-electron chi connectivity index (χ4n) is 3.50. The van der Waals surface area contributed by atoms with Crippen molar-refractivity contribution in [3.63, 3.8) is 0 Å². The number of amides is 4. The van der Waals surface area contributed by atoms with E-state index in [9.17, 15) is 24.3 Å². The van der Waals surface area contributed by atoms with Gasteiger partial charge in [-0.1, -0.05) is 24.3 Å². The molecule has 0 saturated carbocycles. The van der Waals surface area contributed by atoms with Crippen LogP contribution in [0.4, 0.5) is 4.79 Å². The van der Waals surface area contributed by atoms with Crippen molar-refractivity contribution in [1.82, 2.24) is 5.32 Å². The van der Waals surface area contributed by atoms with Crippen LogP contribution in [0.15, 0.2) is 46.9 Å². The molecule has 0 aromatic heterocycles. The first kappa shape index (κ1) is 22.0. The minimum absolute atomic E-state index is 0.00404. The quantitative estimate of drug-likeness (QED) is 0.259. The van der Waals surface area contributed by atoms with E-state index >= 15 is 0 Å². The maximum absolute atomic E-state index is 12.8. The summed E-state index contributed by atoms with van der Waals surface area (Å²) in [7, 11) is 0. The van der Waals surface area contributed by atoms with Crippen molar-refractivity contribution in [2.45, 2.75) is 36.5 Å². The maximum atomic E-state index is 12.8. The van der Waals surface area contributed by atoms with E-state index in [-0.39, 0.29) is 19.4 Å². The van der Waals surface area contributed by atoms with E-state index < -0.39 is 47.2 Å². The Bertz CT molecular complexity index is 875. The van der Waals surface area contributed by atoms with Gasteiger partial charge in [0, 0.05) is 10.6 Å². The fraction of sp³-hybridized carbons (Fsp3) is 0.400. The predicted molar refractivity (Wildman–Crippen MR) is 108 cm³/mol. The minimum atomic E-state index is -1.46. The molecule has 1 fully saturated rings. The molecule has 0 radical (unpaired) electrons. The third-order valence-electron chi connectivity index (χ3n) is 5.07. The molecule has 0 spiro atoms. The number of carbonyl (C=O) groups is 4. The Labute approximate surface area is 177 Å². The van der Waals surface area contributed by atoms with E-state index in [2.05, 4.69) is 10.1 Å². The van der Waals surface area contributed by atoms with Crippen molar-refractivity contribution < 1.29 is 33.5 Å². The van der Waals surface area contributed by atoms with Crippen molar-refractivity contribution in [1.29, 1.82) is 0 Å². The summed E-state index contributed by atoms with van der Waals surface area (Å²) in [6.07, 6.45) is 0.824. The number of benzene rings is 1. The standard InChI is InChI=1S/C20H23N3O6S/c21-20(28)23(11-16(24)22-15-9-18(26)29-19(15)27)10-13(5-4-8-17(23)25)12-30-14-6-2-1-3-7-14/h1-3,5-7,15,19,27H,4,8-12H2,(H2-,21,22,24,28)/p+1/t15?,19?,23-/m1/s1. The summed E-state index contributed by atoms with van der Waals surface area (Å²) in [5.74, 6) is -1.19. The Hall–Kier alpha value is -2.69. The molecule has 3 rings (SSSR count). The van der Waals surface area contributed by atoms with Gasteiger partial charge in [-0.25, -0.2) is 9.59 Å². The molecule has 10 heteroatoms. The van der Waals surface area contributed by atoms with Gasteiger partial charge in [-0.2, -0.15) is 4.48 Å². The average Bonchev–Trinajstić information content (AvgIpc) is 2.92. The molecule has 2 aliphatic rings. The van der Waals surface area contributed by atoms with Gasteiger partial charge in [0.15, 0.2) is 6.54 Å². The smallest absolute Gasteiger partial charge is 0.422 e. The Balaban J connectivity index is 1.72. The van der Waals surface area contributed by atoms with Gasteiger partial charge in [0.05, 0.1) is 12.8 Å². The van der Waals surface area contributed by atoms with Crippen LogP contribution in [0.25, 0.3) is 0 Å². The van der Waals surface area contributed by atoms with Crippen LogP contribution in [0, 0.1) is 0 Å². The highest BCUT2D eigenvalue weighted by molar-refractivity contribution is 7.99. The summed E-state index contributed by atoms with van der Waals surface area (Å²) < 4.78 is 3.77. The van der Waals surface area contributed by atoms with Gasteiger partial charge in [0.1, 0.15) is 12.6 Å². The number of cyclic esters (lactones) is 1. The van der Waals surface area contributed by atoms with E-state index in [4.69, 9.17) is 5.73 Å². The number of quaternary nitrogens is 1. The largest absolute Gasteiger partial charge is 0.434 e. The second-order valence-corrected chi connectivity index (χ2v) is 8.33. The van der Waals surface area contributed by atoms with Gasteiger partial charge >= 0.3 is 17.9 Å². The number of imide groups is 1. The van der Waals surface area contributed by atoms with Gasteiger partial charge in [-0.05, 0) is 24.1 Å². The first-order valence-electron chi connectivity index (χ1n) is 9.53. The lowest BCUT2D eigenvalue weighted by molar-refractivity contribution is -0.758. The number of urea groups is 1. The van der Waals surface area contributed by atoms with Crippen molar-refractivity contribution >= 4 is 35.6 Å². The van der Waals surface area contributed by atoms with Crippen LogP contribution < -0.4 is 11.1 Å². The molecule has 160 valence electrons. The zero-order chi connectivity index (χ0) is 21.7. The summed E-state index contributed by atoms with van der Waals surface area (Å²) in [5, 5.41) is 12.1. The Morgan fingerprint density at radius 3 is 2.63 bits per heavy atom. The minimum Gasteiger partial charge on any atom is -0.434 e. The number of aliphatic hydroxyl groups is 1. The number of hydrogen-bond acceptors (Lipinski definition) is 7. The van der Waals surface area contributed by atoms with Crippen molar-refractivity contribution in [3.05, 3.63) is 42.0 Å². The van der Waals surface area contributed by atoms with Crippen LogP contribution in [0.2, 0.25) is 0 Å². The molecule has 1 aromatic carbocycles. The molecular formula is C20H24N3O6S+. The second kappa shape index (κ2) is 9.41. The fourth-order valence-corrected chi connectivity index (χ4v) is 4.41. The Morgan fingerprint density at radius 2 is 2.00 bits per heavy atom. The first-order chi connectivity index (χ1) is 14.3. The zero-order valence-corrected chi connectivity index (χ0v) is 17.1. The van der Waals surface area contributed by atoms with E-state index in [0.717, 1.165) is 10.5 Å². The van der Waals surface area contributed by atoms with Crippen LogP contribution in [0.5, 0.6) is 0 Å². The highest BCUT2D eigenvalue weighted by Gasteiger charge is 2.47. The summed E-state index contributed by atoms with van der Waals surface area (Å²) in [6.45, 7) is -0.497. The molecule has 0 aliphatic carbocycles. The number of hydrogen-bond donors (Lipinski definition) is 3. The summed E-state index contributed by atoms with van der Waals surface area (Å²) in [5.41, 5.74) is 6.46. The van der Waals surface area contributed by atoms with Gasteiger partial charge in [0.2, 0.25) is 6.29 Å². The van der Waals surface area contributed by atoms with Crippen LogP contribution in [0.3, 0.4) is 0 Å². The van der Waals surface area contributed by atoms with Crippen molar-refractivity contribution in [2.24, 2.45) is 5.73 Å². The van der Waals surface area contributed by atoms with Crippen molar-refractivity contribution in [2.75, 3.05) is 18.8 Å². The molecule has 30 heavy (non-hydrogen) atoms. The summed E-state index contributed by atoms with van der Waals surface area (Å²) >= 11 is 1.57. The monoisotopic (exact) mass is 434 g/mol. The van der Waals surface area contributed by atoms with E-state index in [1.807, 2.05) is 36.4 Å². The molecular weight excluding hydrogens is 410 g/mol. The normalized spacial score (nSPS) is 26.5. The maximum Gasteiger partial charge on any atom is 0.422 e. The predicted octanol–water partition coefficient (Wildman–Crippen LogP) is 0.671. The molecule has 3 atom stereocenters. The van der Waals surface area contributed by atoms with E-state index in [1.165, 1.54) is 0 Å². The van der Waals surface area contributed by atoms with Gasteiger partial charge in [0.25, 0.3) is 5.91 Å². The van der Waals surface area contributed by atoms with Gasteiger partial charge < -0.3 is 20.9 Å². The average molecular weight is 434 g/mol. The zero-order valence-electron chi connectivity index (χ0n) is 16.3. The van der Waals surface area contributed by atoms with Gasteiger partial charge in [-0.15, -0.1) is 11.8 Å². The Morgan fingerprint density at radius 1 is 1.27 bits per heavy atom. The number of rotatable bonds is 6. The second-order valence-electron chi connectivity index (χ2n) is 7.28. The van der Waals surface area contributed by atoms with Crippen LogP contribution in [-0.2, 0) is 19.1 Å². The molecule has 4 N–H and O–H groups in total. The number of ether oxygens (including phenoxy) is 1. The topological polar surface area (TPSA) is 136 Å². The molecule has 4 amide bonds. The molecule has 1 aromatic rings. The number of thioether (sulfide) groups is 1. The molecule has 2 aliphatic heterocycles. The van der Waals surface area contributed by atoms with Crippen LogP contribution >= 0.6 is 11.8 Å². The third-order valence-corrected chi connectivity index (χ3v) is 6.19. The summed E-state index contributed by atoms with van der Waals surface area (Å²) in [4.78, 5) is 50.1. The number of primary amides is 1. The molecule has 2 heterocycles. The van der Waals surface area contributed by atoms with Crippen LogP contribution in [0.1, 0.15) is 19.3 Å². The summed E-state index contributed by atoms with van der Waals surface area (Å²) in [6, 6.07) is 7.86. The number of nitrogens with one attached hydrogen (secondary N) is 1. The van der Waals surface area contributed by atoms with Crippen LogP contribution in [-0.4, -0.2) is 64.6 Å². The lowest BCUT2D eigenvalue weighted by Crippen LogP contribution is -2.64. The number of carbonyl (C=O) groups excluding carboxylic acids is 4. The van der Waals surface area contributed by atoms with E-state index in [0.29, 0.717) is 12.2 Å². The number of aliphatic hydroxyl groups excluding tert-OH is 1. The number of nitrogens with two attached hydrogens (primary N) is 1. The highest BCUT2D eigenvalue weighted by Crippen LogP contribution is 2.26. The third kappa shape index (κ3) is 5.07. The number of esters is 1. The van der Waals surface area contributed by atoms with Crippen molar-refractivity contribution in [3.8, 4) is 0 Å². The van der Waals surface area contributed by atoms with E-state index in [1.54, 1.807) is 11.8 Å². The SMILES string of the molecule is NC(=O)[N@@+]1(CC(=O)NC2CC(=O)OC2O)CC(CSc2ccccc2)=CCCC1=O. The molecule has 1 saturated heterocycles. The molecule has 0 bridgehead atoms. The first-order valence-corrected chi connectivity index (χ1v) is 10.5. The van der Waals surface area contributed by atoms with Gasteiger partial charge in [-0.3, -0.25) is 9.59 Å². The Kier molecular flexibility index (Phi) is 6.91. The molecule has 2 unspecified atom stereocenters. The number of allylic oxidation sites excluding steroid dienone is 1. The number of nitrogens with zero attached hydrogens (tertiary/aromatic N) is 1. The molecule has 9 nitrogen and oxygen atoms in total. The lowest BCUT2D eigenvalue weighted by atomic mass is 10.2.